The lowest BCUT2D eigenvalue weighted by Crippen LogP contribution is -2.14. The average molecular weight is 376 g/mol. The second-order valence-corrected chi connectivity index (χ2v) is 5.91. The zero-order valence-electron chi connectivity index (χ0n) is 12.6. The maximum absolute atomic E-state index is 12.3. The number of halogens is 2. The van der Waals surface area contributed by atoms with Crippen LogP contribution in [-0.4, -0.2) is 16.7 Å². The largest absolute Gasteiger partial charge is 0.417 e. The normalized spacial score (nSPS) is 10.5. The molecular weight excluding hydrogens is 365 g/mol. The number of nitrogens with one attached hydrogen (secondary N) is 1. The van der Waals surface area contributed by atoms with Crippen LogP contribution in [0.5, 0.6) is 0 Å². The Morgan fingerprint density at radius 3 is 2.32 bits per heavy atom. The average Bonchev–Trinajstić information content (AvgIpc) is 2.96. The number of carbonyl (C=O) groups is 2. The molecule has 3 N–H and O–H groups in total. The number of amides is 1. The van der Waals surface area contributed by atoms with E-state index in [4.69, 9.17) is 33.4 Å². The molecule has 0 saturated heterocycles. The van der Waals surface area contributed by atoms with E-state index in [2.05, 4.69) is 10.3 Å². The van der Waals surface area contributed by atoms with Gasteiger partial charge >= 0.3 is 0 Å². The minimum Gasteiger partial charge on any atom is -0.417 e. The van der Waals surface area contributed by atoms with Gasteiger partial charge in [-0.2, -0.15) is 4.98 Å². The number of hydrogen-bond donors (Lipinski definition) is 2. The van der Waals surface area contributed by atoms with Crippen LogP contribution in [0, 0.1) is 0 Å². The van der Waals surface area contributed by atoms with E-state index in [0.29, 0.717) is 21.3 Å². The number of oxazole rings is 1. The maximum Gasteiger partial charge on any atom is 0.279 e. The van der Waals surface area contributed by atoms with Gasteiger partial charge in [0, 0.05) is 21.3 Å². The number of nitrogens with two attached hydrogens (primary N) is 1. The van der Waals surface area contributed by atoms with Crippen molar-refractivity contribution in [2.45, 2.75) is 0 Å². The van der Waals surface area contributed by atoms with Crippen LogP contribution >= 0.6 is 23.2 Å². The standard InChI is InChI=1S/C17H11Cl2N3O3/c18-10-6-11(19)8-12(7-10)21-16(24)13-15(20)25-17(22-13)14(23)9-4-2-1-3-5-9/h1-8H,20H2,(H,21,24). The summed E-state index contributed by atoms with van der Waals surface area (Å²) >= 11 is 11.8. The Bertz CT molecular complexity index is 935. The molecule has 1 aromatic heterocycles. The van der Waals surface area contributed by atoms with Crippen LogP contribution in [0.15, 0.2) is 52.9 Å². The van der Waals surface area contributed by atoms with Crippen molar-refractivity contribution in [3.63, 3.8) is 0 Å². The highest BCUT2D eigenvalue weighted by Gasteiger charge is 2.23. The van der Waals surface area contributed by atoms with E-state index in [1.165, 1.54) is 18.2 Å². The van der Waals surface area contributed by atoms with Crippen LogP contribution in [0.25, 0.3) is 0 Å². The van der Waals surface area contributed by atoms with Gasteiger partial charge in [0.2, 0.25) is 11.7 Å². The molecule has 0 atom stereocenters. The number of nitrogens with zero attached hydrogens (tertiary/aromatic N) is 1. The van der Waals surface area contributed by atoms with Crippen molar-refractivity contribution in [2.24, 2.45) is 0 Å². The molecule has 0 unspecified atom stereocenters. The lowest BCUT2D eigenvalue weighted by molar-refractivity contribution is 0.100. The predicted octanol–water partition coefficient (Wildman–Crippen LogP) is 4.05. The third-order valence-electron chi connectivity index (χ3n) is 3.22. The number of benzene rings is 2. The van der Waals surface area contributed by atoms with Crippen LogP contribution in [-0.2, 0) is 0 Å². The summed E-state index contributed by atoms with van der Waals surface area (Å²) in [5, 5.41) is 3.27. The first kappa shape index (κ1) is 17.0. The zero-order chi connectivity index (χ0) is 18.0. The molecular formula is C17H11Cl2N3O3. The fraction of sp³-hybridized carbons (Fsp3) is 0. The van der Waals surface area contributed by atoms with Gasteiger partial charge in [0.25, 0.3) is 11.8 Å². The van der Waals surface area contributed by atoms with Crippen LogP contribution in [0.3, 0.4) is 0 Å². The number of ketones is 1. The van der Waals surface area contributed by atoms with Gasteiger partial charge in [-0.25, -0.2) is 0 Å². The molecule has 0 aliphatic rings. The molecule has 25 heavy (non-hydrogen) atoms. The van der Waals surface area contributed by atoms with Crippen molar-refractivity contribution in [1.29, 1.82) is 0 Å². The van der Waals surface area contributed by atoms with Gasteiger partial charge in [0.05, 0.1) is 0 Å². The van der Waals surface area contributed by atoms with Gasteiger partial charge < -0.3 is 15.5 Å². The minimum atomic E-state index is -0.647. The first-order valence-electron chi connectivity index (χ1n) is 7.07. The highest BCUT2D eigenvalue weighted by atomic mass is 35.5. The number of hydrogen-bond acceptors (Lipinski definition) is 5. The van der Waals surface area contributed by atoms with Gasteiger partial charge in [-0.05, 0) is 18.2 Å². The van der Waals surface area contributed by atoms with Crippen molar-refractivity contribution in [2.75, 3.05) is 11.1 Å². The molecule has 6 nitrogen and oxygen atoms in total. The first-order chi connectivity index (χ1) is 11.9. The van der Waals surface area contributed by atoms with Crippen molar-refractivity contribution in [3.8, 4) is 0 Å². The topological polar surface area (TPSA) is 98.2 Å². The Hall–Kier alpha value is -2.83. The van der Waals surface area contributed by atoms with Gasteiger partial charge in [-0.1, -0.05) is 53.5 Å². The molecule has 2 aromatic carbocycles. The summed E-state index contributed by atoms with van der Waals surface area (Å²) < 4.78 is 5.14. The molecule has 0 aliphatic heterocycles. The molecule has 0 saturated carbocycles. The number of nitrogen functional groups attached to an aromatic ring is 1. The predicted molar refractivity (Wildman–Crippen MR) is 95.2 cm³/mol. The van der Waals surface area contributed by atoms with E-state index in [-0.39, 0.29) is 17.5 Å². The number of anilines is 2. The van der Waals surface area contributed by atoms with Crippen LogP contribution in [0.4, 0.5) is 11.6 Å². The monoisotopic (exact) mass is 375 g/mol. The van der Waals surface area contributed by atoms with E-state index >= 15 is 0 Å². The van der Waals surface area contributed by atoms with E-state index in [1.54, 1.807) is 30.3 Å². The molecule has 8 heteroatoms. The second kappa shape index (κ2) is 6.96. The Morgan fingerprint density at radius 2 is 1.68 bits per heavy atom. The SMILES string of the molecule is Nc1oc(C(=O)c2ccccc2)nc1C(=O)Nc1cc(Cl)cc(Cl)c1. The third-order valence-corrected chi connectivity index (χ3v) is 3.66. The van der Waals surface area contributed by atoms with Crippen molar-refractivity contribution in [3.05, 3.63) is 75.7 Å². The van der Waals surface area contributed by atoms with Gasteiger partial charge in [0.1, 0.15) is 0 Å². The summed E-state index contributed by atoms with van der Waals surface area (Å²) in [5.41, 5.74) is 6.21. The third kappa shape index (κ3) is 3.81. The number of aromatic nitrogens is 1. The smallest absolute Gasteiger partial charge is 0.279 e. The number of carbonyl (C=O) groups excluding carboxylic acids is 2. The highest BCUT2D eigenvalue weighted by molar-refractivity contribution is 6.35. The molecule has 126 valence electrons. The molecule has 0 radical (unpaired) electrons. The summed E-state index contributed by atoms with van der Waals surface area (Å²) in [6.07, 6.45) is 0. The van der Waals surface area contributed by atoms with Gasteiger partial charge in [-0.15, -0.1) is 0 Å². The molecule has 0 spiro atoms. The molecule has 0 bridgehead atoms. The summed E-state index contributed by atoms with van der Waals surface area (Å²) in [6, 6.07) is 12.9. The highest BCUT2D eigenvalue weighted by Crippen LogP contribution is 2.24. The molecule has 3 aromatic rings. The summed E-state index contributed by atoms with van der Waals surface area (Å²) in [6.45, 7) is 0. The Morgan fingerprint density at radius 1 is 1.04 bits per heavy atom. The molecule has 0 aliphatic carbocycles. The summed E-state index contributed by atoms with van der Waals surface area (Å²) in [7, 11) is 0. The number of rotatable bonds is 4. The fourth-order valence-electron chi connectivity index (χ4n) is 2.12. The molecule has 1 heterocycles. The van der Waals surface area contributed by atoms with E-state index in [9.17, 15) is 9.59 Å². The Kier molecular flexibility index (Phi) is 4.74. The first-order valence-corrected chi connectivity index (χ1v) is 7.83. The van der Waals surface area contributed by atoms with E-state index in [0.717, 1.165) is 0 Å². The van der Waals surface area contributed by atoms with Crippen molar-refractivity contribution in [1.82, 2.24) is 4.98 Å². The van der Waals surface area contributed by atoms with Crippen molar-refractivity contribution < 1.29 is 14.0 Å². The summed E-state index contributed by atoms with van der Waals surface area (Å²) in [5.74, 6) is -1.65. The van der Waals surface area contributed by atoms with Gasteiger partial charge in [-0.3, -0.25) is 9.59 Å². The quantitative estimate of drug-likeness (QED) is 0.670. The Balaban J connectivity index is 1.84. The molecule has 1 amide bonds. The lowest BCUT2D eigenvalue weighted by Gasteiger charge is -2.04. The van der Waals surface area contributed by atoms with Gasteiger partial charge in [0.15, 0.2) is 5.69 Å². The van der Waals surface area contributed by atoms with Crippen LogP contribution in [0.1, 0.15) is 26.7 Å². The molecule has 3 rings (SSSR count). The minimum absolute atomic E-state index is 0.199. The van der Waals surface area contributed by atoms with Crippen LogP contribution < -0.4 is 11.1 Å². The Labute approximate surface area is 152 Å². The summed E-state index contributed by atoms with van der Waals surface area (Å²) in [4.78, 5) is 28.5. The van der Waals surface area contributed by atoms with Crippen molar-refractivity contribution >= 4 is 46.5 Å². The van der Waals surface area contributed by atoms with E-state index in [1.807, 2.05) is 0 Å². The fourth-order valence-corrected chi connectivity index (χ4v) is 2.65. The maximum atomic E-state index is 12.3. The van der Waals surface area contributed by atoms with E-state index < -0.39 is 11.7 Å². The molecule has 0 fully saturated rings. The second-order valence-electron chi connectivity index (χ2n) is 5.04. The van der Waals surface area contributed by atoms with Crippen LogP contribution in [0.2, 0.25) is 10.0 Å². The lowest BCUT2D eigenvalue weighted by atomic mass is 10.1. The zero-order valence-corrected chi connectivity index (χ0v) is 14.1.